The van der Waals surface area contributed by atoms with Crippen LogP contribution in [0.2, 0.25) is 0 Å². The van der Waals surface area contributed by atoms with Gasteiger partial charge in [0.05, 0.1) is 14.2 Å². The maximum Gasteiger partial charge on any atom is 0.339 e. The molecule has 0 N–H and O–H groups in total. The van der Waals surface area contributed by atoms with E-state index in [2.05, 4.69) is 0 Å². The Morgan fingerprint density at radius 2 is 1.43 bits per heavy atom. The Kier molecular flexibility index (Phi) is 4.85. The molecule has 0 heterocycles. The summed E-state index contributed by atoms with van der Waals surface area (Å²) in [5, 5.41) is 0. The Morgan fingerprint density at radius 1 is 0.826 bits per heavy atom. The van der Waals surface area contributed by atoms with Gasteiger partial charge in [-0.15, -0.1) is 0 Å². The van der Waals surface area contributed by atoms with Crippen molar-refractivity contribution in [3.8, 4) is 17.2 Å². The standard InChI is InChI=1S/C17H20O5S/c1-11-6-7-12(2)17(13(11)3)22-23(18,19)14-8-9-15(20-4)16(10-14)21-5/h6-10H,1-5H3. The number of hydrogen-bond donors (Lipinski definition) is 0. The van der Waals surface area contributed by atoms with Crippen LogP contribution < -0.4 is 13.7 Å². The van der Waals surface area contributed by atoms with Crippen molar-refractivity contribution in [3.63, 3.8) is 0 Å². The maximum absolute atomic E-state index is 12.6. The molecule has 0 saturated heterocycles. The molecule has 2 aromatic carbocycles. The highest BCUT2D eigenvalue weighted by atomic mass is 32.2. The zero-order valence-corrected chi connectivity index (χ0v) is 14.7. The van der Waals surface area contributed by atoms with Gasteiger partial charge in [0.25, 0.3) is 0 Å². The van der Waals surface area contributed by atoms with Crippen LogP contribution >= 0.6 is 0 Å². The molecule has 5 nitrogen and oxygen atoms in total. The van der Waals surface area contributed by atoms with Gasteiger partial charge in [0, 0.05) is 6.07 Å². The minimum atomic E-state index is -3.97. The fraction of sp³-hybridized carbons (Fsp3) is 0.294. The summed E-state index contributed by atoms with van der Waals surface area (Å²) in [5.41, 5.74) is 2.53. The fourth-order valence-electron chi connectivity index (χ4n) is 2.18. The van der Waals surface area contributed by atoms with Crippen LogP contribution in [0.1, 0.15) is 16.7 Å². The second kappa shape index (κ2) is 6.50. The molecule has 6 heteroatoms. The molecule has 124 valence electrons. The van der Waals surface area contributed by atoms with E-state index in [1.54, 1.807) is 0 Å². The molecule has 0 spiro atoms. The van der Waals surface area contributed by atoms with E-state index in [4.69, 9.17) is 13.7 Å². The van der Waals surface area contributed by atoms with Crippen molar-refractivity contribution in [1.29, 1.82) is 0 Å². The summed E-state index contributed by atoms with van der Waals surface area (Å²) in [6.45, 7) is 5.55. The maximum atomic E-state index is 12.6. The molecular formula is C17H20O5S. The van der Waals surface area contributed by atoms with Crippen LogP contribution in [0.3, 0.4) is 0 Å². The van der Waals surface area contributed by atoms with E-state index in [0.29, 0.717) is 17.2 Å². The van der Waals surface area contributed by atoms with E-state index in [1.165, 1.54) is 32.4 Å². The van der Waals surface area contributed by atoms with Gasteiger partial charge in [0.15, 0.2) is 11.5 Å². The third-order valence-corrected chi connectivity index (χ3v) is 4.93. The van der Waals surface area contributed by atoms with E-state index in [0.717, 1.165) is 16.7 Å². The van der Waals surface area contributed by atoms with Crippen molar-refractivity contribution in [2.24, 2.45) is 0 Å². The average molecular weight is 336 g/mol. The quantitative estimate of drug-likeness (QED) is 0.783. The summed E-state index contributed by atoms with van der Waals surface area (Å²) >= 11 is 0. The first-order valence-electron chi connectivity index (χ1n) is 7.03. The summed E-state index contributed by atoms with van der Waals surface area (Å²) in [5.74, 6) is 1.14. The normalized spacial score (nSPS) is 11.2. The zero-order valence-electron chi connectivity index (χ0n) is 13.8. The molecule has 0 radical (unpaired) electrons. The molecule has 2 aromatic rings. The molecule has 0 atom stereocenters. The highest BCUT2D eigenvalue weighted by Gasteiger charge is 2.21. The molecule has 0 bridgehead atoms. The highest BCUT2D eigenvalue weighted by molar-refractivity contribution is 7.87. The van der Waals surface area contributed by atoms with Crippen molar-refractivity contribution in [2.75, 3.05) is 14.2 Å². The monoisotopic (exact) mass is 336 g/mol. The van der Waals surface area contributed by atoms with Gasteiger partial charge in [-0.25, -0.2) is 0 Å². The van der Waals surface area contributed by atoms with Crippen molar-refractivity contribution in [2.45, 2.75) is 25.7 Å². The van der Waals surface area contributed by atoms with Crippen LogP contribution in [0.15, 0.2) is 35.2 Å². The van der Waals surface area contributed by atoms with Crippen LogP contribution in [0.25, 0.3) is 0 Å². The molecule has 0 aromatic heterocycles. The smallest absolute Gasteiger partial charge is 0.339 e. The van der Waals surface area contributed by atoms with Crippen LogP contribution in [0, 0.1) is 20.8 Å². The van der Waals surface area contributed by atoms with Crippen molar-refractivity contribution < 1.29 is 22.1 Å². The van der Waals surface area contributed by atoms with Crippen molar-refractivity contribution in [1.82, 2.24) is 0 Å². The third-order valence-electron chi connectivity index (χ3n) is 3.71. The first kappa shape index (κ1) is 17.1. The number of ether oxygens (including phenoxy) is 2. The van der Waals surface area contributed by atoms with Crippen LogP contribution in [0.4, 0.5) is 0 Å². The highest BCUT2D eigenvalue weighted by Crippen LogP contribution is 2.32. The molecular weight excluding hydrogens is 316 g/mol. The number of methoxy groups -OCH3 is 2. The minimum Gasteiger partial charge on any atom is -0.493 e. The van der Waals surface area contributed by atoms with Crippen molar-refractivity contribution >= 4 is 10.1 Å². The Hall–Kier alpha value is -2.21. The fourth-order valence-corrected chi connectivity index (χ4v) is 3.24. The van der Waals surface area contributed by atoms with Crippen LogP contribution in [-0.4, -0.2) is 22.6 Å². The molecule has 0 unspecified atom stereocenters. The second-order valence-corrected chi connectivity index (χ2v) is 6.75. The topological polar surface area (TPSA) is 61.8 Å². The van der Waals surface area contributed by atoms with Gasteiger partial charge in [-0.1, -0.05) is 12.1 Å². The summed E-state index contributed by atoms with van der Waals surface area (Å²) in [4.78, 5) is 0.00968. The summed E-state index contributed by atoms with van der Waals surface area (Å²) in [6, 6.07) is 8.11. The number of benzene rings is 2. The van der Waals surface area contributed by atoms with E-state index >= 15 is 0 Å². The predicted molar refractivity (Wildman–Crippen MR) is 88.0 cm³/mol. The summed E-state index contributed by atoms with van der Waals surface area (Å²) in [6.07, 6.45) is 0. The number of aryl methyl sites for hydroxylation is 2. The Bertz CT molecular complexity index is 825. The molecule has 0 aliphatic carbocycles. The lowest BCUT2D eigenvalue weighted by Gasteiger charge is -2.14. The molecule has 0 fully saturated rings. The van der Waals surface area contributed by atoms with Gasteiger partial charge in [-0.2, -0.15) is 8.42 Å². The van der Waals surface area contributed by atoms with Crippen LogP contribution in [0.5, 0.6) is 17.2 Å². The molecule has 0 amide bonds. The van der Waals surface area contributed by atoms with E-state index in [-0.39, 0.29) is 4.90 Å². The molecule has 0 saturated carbocycles. The number of rotatable bonds is 5. The average Bonchev–Trinajstić information content (AvgIpc) is 2.54. The van der Waals surface area contributed by atoms with Gasteiger partial charge < -0.3 is 13.7 Å². The van der Waals surface area contributed by atoms with Gasteiger partial charge in [0.1, 0.15) is 10.6 Å². The van der Waals surface area contributed by atoms with Crippen molar-refractivity contribution in [3.05, 3.63) is 47.0 Å². The van der Waals surface area contributed by atoms with E-state index in [1.807, 2.05) is 32.9 Å². The zero-order chi connectivity index (χ0) is 17.2. The largest absolute Gasteiger partial charge is 0.493 e. The number of hydrogen-bond acceptors (Lipinski definition) is 5. The second-order valence-electron chi connectivity index (χ2n) is 5.21. The summed E-state index contributed by atoms with van der Waals surface area (Å²) < 4.78 is 40.8. The first-order chi connectivity index (χ1) is 10.8. The summed E-state index contributed by atoms with van der Waals surface area (Å²) in [7, 11) is -1.03. The predicted octanol–water partition coefficient (Wildman–Crippen LogP) is 3.40. The Balaban J connectivity index is 2.46. The Labute approximate surface area is 136 Å². The minimum absolute atomic E-state index is 0.00968. The lowest BCUT2D eigenvalue weighted by atomic mass is 10.1. The molecule has 23 heavy (non-hydrogen) atoms. The van der Waals surface area contributed by atoms with Gasteiger partial charge >= 0.3 is 10.1 Å². The lowest BCUT2D eigenvalue weighted by Crippen LogP contribution is -2.12. The molecule has 0 aliphatic rings. The first-order valence-corrected chi connectivity index (χ1v) is 8.44. The van der Waals surface area contributed by atoms with E-state index in [9.17, 15) is 8.42 Å². The van der Waals surface area contributed by atoms with Gasteiger partial charge in [-0.3, -0.25) is 0 Å². The third kappa shape index (κ3) is 3.42. The lowest BCUT2D eigenvalue weighted by molar-refractivity contribution is 0.353. The molecule has 0 aliphatic heterocycles. The molecule has 2 rings (SSSR count). The van der Waals surface area contributed by atoms with Gasteiger partial charge in [-0.05, 0) is 49.6 Å². The van der Waals surface area contributed by atoms with Crippen LogP contribution in [-0.2, 0) is 10.1 Å². The Morgan fingerprint density at radius 3 is 2.04 bits per heavy atom. The SMILES string of the molecule is COc1ccc(S(=O)(=O)Oc2c(C)ccc(C)c2C)cc1OC. The van der Waals surface area contributed by atoms with Gasteiger partial charge in [0.2, 0.25) is 0 Å². The van der Waals surface area contributed by atoms with E-state index < -0.39 is 10.1 Å².